The highest BCUT2D eigenvalue weighted by molar-refractivity contribution is 7.91. The van der Waals surface area contributed by atoms with Crippen molar-refractivity contribution in [3.8, 4) is 0 Å². The zero-order chi connectivity index (χ0) is 16.9. The first-order chi connectivity index (χ1) is 11.0. The average molecular weight is 342 g/mol. The Bertz CT molecular complexity index is 633. The molecule has 8 nitrogen and oxygen atoms in total. The molecule has 1 aromatic rings. The highest BCUT2D eigenvalue weighted by Gasteiger charge is 2.32. The van der Waals surface area contributed by atoms with E-state index in [0.717, 1.165) is 0 Å². The summed E-state index contributed by atoms with van der Waals surface area (Å²) in [6.07, 6.45) is 3.51. The molecule has 1 fully saturated rings. The fourth-order valence-electron chi connectivity index (χ4n) is 2.57. The van der Waals surface area contributed by atoms with Crippen LogP contribution in [-0.2, 0) is 14.6 Å². The molecular weight excluding hydrogens is 320 g/mol. The van der Waals surface area contributed by atoms with E-state index in [-0.39, 0.29) is 29.1 Å². The maximum absolute atomic E-state index is 11.8. The molecular formula is C14H22N4O4S. The standard InChI is InChI=1S/C14H22N4O4S/c1-3-18(11-4-7-23(20,21)10-11)13-9-16-12(8-17-13)14(19)15-5-6-22-2/h8-9,11H,3-7,10H2,1-2H3,(H,15,19). The second-order valence-corrected chi connectivity index (χ2v) is 7.58. The lowest BCUT2D eigenvalue weighted by Crippen LogP contribution is -2.37. The lowest BCUT2D eigenvalue weighted by atomic mass is 10.2. The van der Waals surface area contributed by atoms with Gasteiger partial charge < -0.3 is 15.0 Å². The highest BCUT2D eigenvalue weighted by atomic mass is 32.2. The first-order valence-corrected chi connectivity index (χ1v) is 9.35. The van der Waals surface area contributed by atoms with Crippen molar-refractivity contribution in [3.05, 3.63) is 18.1 Å². The number of aromatic nitrogens is 2. The predicted molar refractivity (Wildman–Crippen MR) is 86.3 cm³/mol. The molecule has 1 unspecified atom stereocenters. The fourth-order valence-corrected chi connectivity index (χ4v) is 4.30. The number of sulfone groups is 1. The second kappa shape index (κ2) is 7.69. The van der Waals surface area contributed by atoms with Gasteiger partial charge in [0.25, 0.3) is 5.91 Å². The van der Waals surface area contributed by atoms with Crippen molar-refractivity contribution >= 4 is 21.6 Å². The van der Waals surface area contributed by atoms with Crippen molar-refractivity contribution in [1.29, 1.82) is 0 Å². The van der Waals surface area contributed by atoms with Crippen LogP contribution in [0.5, 0.6) is 0 Å². The normalized spacial score (nSPS) is 19.5. The molecule has 9 heteroatoms. The van der Waals surface area contributed by atoms with E-state index in [1.807, 2.05) is 11.8 Å². The summed E-state index contributed by atoms with van der Waals surface area (Å²) in [5.74, 6) is 0.624. The first kappa shape index (κ1) is 17.6. The molecule has 1 aliphatic rings. The van der Waals surface area contributed by atoms with E-state index in [0.29, 0.717) is 31.9 Å². The largest absolute Gasteiger partial charge is 0.383 e. The summed E-state index contributed by atoms with van der Waals surface area (Å²) in [7, 11) is -1.40. The number of hydrogen-bond acceptors (Lipinski definition) is 7. The molecule has 128 valence electrons. The van der Waals surface area contributed by atoms with Crippen LogP contribution in [0.2, 0.25) is 0 Å². The number of methoxy groups -OCH3 is 1. The van der Waals surface area contributed by atoms with Gasteiger partial charge in [-0.2, -0.15) is 0 Å². The lowest BCUT2D eigenvalue weighted by Gasteiger charge is -2.27. The van der Waals surface area contributed by atoms with Gasteiger partial charge >= 0.3 is 0 Å². The number of rotatable bonds is 7. The number of ether oxygens (including phenoxy) is 1. The number of carbonyl (C=O) groups is 1. The second-order valence-electron chi connectivity index (χ2n) is 5.35. The molecule has 0 spiro atoms. The average Bonchev–Trinajstić information content (AvgIpc) is 2.89. The molecule has 0 bridgehead atoms. The van der Waals surface area contributed by atoms with Gasteiger partial charge in [-0.05, 0) is 13.3 Å². The van der Waals surface area contributed by atoms with Crippen LogP contribution in [0, 0.1) is 0 Å². The first-order valence-electron chi connectivity index (χ1n) is 7.53. The minimum atomic E-state index is -2.96. The Morgan fingerprint density at radius 3 is 2.74 bits per heavy atom. The molecule has 0 saturated carbocycles. The number of nitrogens with one attached hydrogen (secondary N) is 1. The minimum Gasteiger partial charge on any atom is -0.383 e. The summed E-state index contributed by atoms with van der Waals surface area (Å²) in [4.78, 5) is 22.2. The van der Waals surface area contributed by atoms with Gasteiger partial charge in [-0.1, -0.05) is 0 Å². The predicted octanol–water partition coefficient (Wildman–Crippen LogP) is -0.134. The fraction of sp³-hybridized carbons (Fsp3) is 0.643. The van der Waals surface area contributed by atoms with Gasteiger partial charge in [0.2, 0.25) is 0 Å². The maximum atomic E-state index is 11.8. The van der Waals surface area contributed by atoms with Crippen LogP contribution in [-0.4, -0.2) is 68.6 Å². The number of nitrogens with zero attached hydrogens (tertiary/aromatic N) is 3. The zero-order valence-corrected chi connectivity index (χ0v) is 14.2. The van der Waals surface area contributed by atoms with Gasteiger partial charge in [-0.25, -0.2) is 18.4 Å². The van der Waals surface area contributed by atoms with E-state index < -0.39 is 9.84 Å². The Kier molecular flexibility index (Phi) is 5.89. The summed E-state index contributed by atoms with van der Waals surface area (Å²) in [5.41, 5.74) is 0.222. The Labute approximate surface area is 136 Å². The van der Waals surface area contributed by atoms with Gasteiger partial charge in [0.15, 0.2) is 9.84 Å². The summed E-state index contributed by atoms with van der Waals surface area (Å²) in [6, 6.07) is -0.0827. The van der Waals surface area contributed by atoms with Crippen LogP contribution < -0.4 is 10.2 Å². The smallest absolute Gasteiger partial charge is 0.271 e. The minimum absolute atomic E-state index is 0.0827. The summed E-state index contributed by atoms with van der Waals surface area (Å²) >= 11 is 0. The van der Waals surface area contributed by atoms with E-state index >= 15 is 0 Å². The molecule has 23 heavy (non-hydrogen) atoms. The highest BCUT2D eigenvalue weighted by Crippen LogP contribution is 2.22. The lowest BCUT2D eigenvalue weighted by molar-refractivity contribution is 0.0931. The third-order valence-corrected chi connectivity index (χ3v) is 5.50. The number of anilines is 1. The van der Waals surface area contributed by atoms with Crippen LogP contribution in [0.3, 0.4) is 0 Å². The van der Waals surface area contributed by atoms with E-state index in [2.05, 4.69) is 15.3 Å². The Balaban J connectivity index is 2.04. The van der Waals surface area contributed by atoms with Gasteiger partial charge in [0.1, 0.15) is 11.5 Å². The van der Waals surface area contributed by atoms with E-state index in [1.165, 1.54) is 12.4 Å². The molecule has 1 amide bonds. The molecule has 0 aromatic carbocycles. The van der Waals surface area contributed by atoms with Crippen molar-refractivity contribution in [2.75, 3.05) is 43.2 Å². The van der Waals surface area contributed by atoms with Crippen LogP contribution in [0.4, 0.5) is 5.82 Å². The number of amides is 1. The maximum Gasteiger partial charge on any atom is 0.271 e. The van der Waals surface area contributed by atoms with Crippen molar-refractivity contribution in [1.82, 2.24) is 15.3 Å². The van der Waals surface area contributed by atoms with Gasteiger partial charge in [-0.15, -0.1) is 0 Å². The van der Waals surface area contributed by atoms with Gasteiger partial charge in [0, 0.05) is 26.2 Å². The van der Waals surface area contributed by atoms with E-state index in [4.69, 9.17) is 4.74 Å². The number of hydrogen-bond donors (Lipinski definition) is 1. The summed E-state index contributed by atoms with van der Waals surface area (Å²) in [6.45, 7) is 3.41. The summed E-state index contributed by atoms with van der Waals surface area (Å²) < 4.78 is 28.1. The summed E-state index contributed by atoms with van der Waals surface area (Å²) in [5, 5.41) is 2.67. The number of carbonyl (C=O) groups excluding carboxylic acids is 1. The van der Waals surface area contributed by atoms with Crippen molar-refractivity contribution in [3.63, 3.8) is 0 Å². The molecule has 0 aliphatic carbocycles. The van der Waals surface area contributed by atoms with Crippen molar-refractivity contribution in [2.24, 2.45) is 0 Å². The van der Waals surface area contributed by atoms with Crippen LogP contribution >= 0.6 is 0 Å². The van der Waals surface area contributed by atoms with E-state index in [9.17, 15) is 13.2 Å². The zero-order valence-electron chi connectivity index (χ0n) is 13.4. The van der Waals surface area contributed by atoms with Gasteiger partial charge in [0.05, 0.1) is 30.5 Å². The molecule has 0 radical (unpaired) electrons. The molecule has 1 N–H and O–H groups in total. The van der Waals surface area contributed by atoms with Crippen LogP contribution in [0.25, 0.3) is 0 Å². The molecule has 1 atom stereocenters. The Hall–Kier alpha value is -1.74. The topological polar surface area (TPSA) is 101 Å². The van der Waals surface area contributed by atoms with Crippen LogP contribution in [0.15, 0.2) is 12.4 Å². The molecule has 2 heterocycles. The SMILES string of the molecule is CCN(c1cnc(C(=O)NCCOC)cn1)C1CCS(=O)(=O)C1. The molecule has 1 aromatic heterocycles. The monoisotopic (exact) mass is 342 g/mol. The van der Waals surface area contributed by atoms with Crippen molar-refractivity contribution < 1.29 is 17.9 Å². The molecule has 1 saturated heterocycles. The van der Waals surface area contributed by atoms with E-state index in [1.54, 1.807) is 7.11 Å². The Morgan fingerprint density at radius 1 is 1.43 bits per heavy atom. The third-order valence-electron chi connectivity index (χ3n) is 3.75. The Morgan fingerprint density at radius 2 is 2.22 bits per heavy atom. The molecule has 1 aliphatic heterocycles. The molecule has 2 rings (SSSR count). The third kappa shape index (κ3) is 4.61. The van der Waals surface area contributed by atoms with Crippen molar-refractivity contribution in [2.45, 2.75) is 19.4 Å². The van der Waals surface area contributed by atoms with Gasteiger partial charge in [-0.3, -0.25) is 4.79 Å². The quantitative estimate of drug-likeness (QED) is 0.689. The van der Waals surface area contributed by atoms with Crippen LogP contribution in [0.1, 0.15) is 23.8 Å².